The molecule has 0 saturated carbocycles. The fourth-order valence-corrected chi connectivity index (χ4v) is 3.21. The number of methoxy groups -OCH3 is 3. The summed E-state index contributed by atoms with van der Waals surface area (Å²) in [4.78, 5) is 10.8. The summed E-state index contributed by atoms with van der Waals surface area (Å²) in [5.74, 6) is -1.44. The Morgan fingerprint density at radius 3 is 2.10 bits per heavy atom. The second-order valence-corrected chi connectivity index (χ2v) is 7.50. The van der Waals surface area contributed by atoms with Crippen molar-refractivity contribution in [1.82, 2.24) is 0 Å². The van der Waals surface area contributed by atoms with Gasteiger partial charge in [0.1, 0.15) is 6.29 Å². The number of carbonyl (C=O) groups excluding carboxylic acids is 1. The van der Waals surface area contributed by atoms with E-state index in [9.17, 15) is 20.1 Å². The SMILES string of the molecule is CCCCC[C@H](O)/C=C/[C@H](O)CC(/C=C\CCCC(OC)(OC)OC)[C@@H](O)CC=O. The highest BCUT2D eigenvalue weighted by Gasteiger charge is 2.28. The minimum absolute atomic E-state index is 0.00518. The number of hydrogen-bond donors (Lipinski definition) is 3. The lowest BCUT2D eigenvalue weighted by Gasteiger charge is -2.28. The molecular formula is C23H42O7. The van der Waals surface area contributed by atoms with Crippen LogP contribution in [0.5, 0.6) is 0 Å². The van der Waals surface area contributed by atoms with Crippen molar-refractivity contribution in [3.63, 3.8) is 0 Å². The van der Waals surface area contributed by atoms with Crippen LogP contribution < -0.4 is 0 Å². The summed E-state index contributed by atoms with van der Waals surface area (Å²) in [6.07, 6.45) is 11.3. The maximum atomic E-state index is 10.8. The fourth-order valence-electron chi connectivity index (χ4n) is 3.21. The summed E-state index contributed by atoms with van der Waals surface area (Å²) >= 11 is 0. The van der Waals surface area contributed by atoms with E-state index in [1.807, 2.05) is 12.2 Å². The molecule has 0 rings (SSSR count). The molecule has 0 aromatic rings. The minimum Gasteiger partial charge on any atom is -0.392 e. The molecule has 1 unspecified atom stereocenters. The first-order chi connectivity index (χ1) is 14.4. The van der Waals surface area contributed by atoms with Gasteiger partial charge in [0.2, 0.25) is 0 Å². The van der Waals surface area contributed by atoms with Crippen molar-refractivity contribution in [2.24, 2.45) is 5.92 Å². The van der Waals surface area contributed by atoms with Crippen molar-refractivity contribution < 1.29 is 34.3 Å². The van der Waals surface area contributed by atoms with Crippen LogP contribution in [-0.2, 0) is 19.0 Å². The molecule has 0 saturated heterocycles. The summed E-state index contributed by atoms with van der Waals surface area (Å²) in [5.41, 5.74) is 0. The average molecular weight is 431 g/mol. The van der Waals surface area contributed by atoms with Gasteiger partial charge in [-0.3, -0.25) is 0 Å². The van der Waals surface area contributed by atoms with Gasteiger partial charge >= 0.3 is 0 Å². The molecule has 0 aliphatic heterocycles. The van der Waals surface area contributed by atoms with Crippen molar-refractivity contribution in [2.75, 3.05) is 21.3 Å². The molecule has 7 nitrogen and oxygen atoms in total. The van der Waals surface area contributed by atoms with E-state index >= 15 is 0 Å². The Kier molecular flexibility index (Phi) is 16.9. The Morgan fingerprint density at radius 2 is 1.53 bits per heavy atom. The van der Waals surface area contributed by atoms with Crippen LogP contribution in [0.2, 0.25) is 0 Å². The molecule has 0 amide bonds. The molecule has 4 atom stereocenters. The van der Waals surface area contributed by atoms with Gasteiger partial charge in [0.05, 0.1) is 18.3 Å². The monoisotopic (exact) mass is 430 g/mol. The lowest BCUT2D eigenvalue weighted by Crippen LogP contribution is -2.35. The van der Waals surface area contributed by atoms with Crippen LogP contribution in [0.3, 0.4) is 0 Å². The van der Waals surface area contributed by atoms with Gasteiger partial charge in [-0.1, -0.05) is 50.5 Å². The summed E-state index contributed by atoms with van der Waals surface area (Å²) in [7, 11) is 4.55. The van der Waals surface area contributed by atoms with Crippen molar-refractivity contribution in [3.05, 3.63) is 24.3 Å². The molecule has 7 heteroatoms. The fraction of sp³-hybridized carbons (Fsp3) is 0.783. The number of unbranched alkanes of at least 4 members (excludes halogenated alkanes) is 3. The van der Waals surface area contributed by atoms with Crippen molar-refractivity contribution >= 4 is 6.29 Å². The summed E-state index contributed by atoms with van der Waals surface area (Å²) < 4.78 is 15.8. The number of rotatable bonds is 19. The number of aliphatic hydroxyl groups is 3. The van der Waals surface area contributed by atoms with Crippen molar-refractivity contribution in [3.8, 4) is 0 Å². The van der Waals surface area contributed by atoms with Crippen LogP contribution in [0.1, 0.15) is 64.7 Å². The predicted molar refractivity (Wildman–Crippen MR) is 117 cm³/mol. The zero-order valence-electron chi connectivity index (χ0n) is 19.0. The van der Waals surface area contributed by atoms with Gasteiger partial charge in [0, 0.05) is 40.1 Å². The van der Waals surface area contributed by atoms with Crippen LogP contribution in [0.15, 0.2) is 24.3 Å². The third kappa shape index (κ3) is 12.6. The first kappa shape index (κ1) is 28.9. The smallest absolute Gasteiger partial charge is 0.282 e. The molecule has 0 radical (unpaired) electrons. The standard InChI is InChI=1S/C23H42O7/c1-5-6-8-12-20(25)13-14-21(26)18-19(22(27)15-17-24)11-9-7-10-16-23(28-2,29-3)30-4/h9,11,13-14,17,19-22,25-27H,5-8,10,12,15-16,18H2,1-4H3/b11-9-,14-13+/t19?,20-,21-,22-/m0/s1. The predicted octanol–water partition coefficient (Wildman–Crippen LogP) is 3.12. The van der Waals surface area contributed by atoms with Crippen molar-refractivity contribution in [2.45, 2.75) is 89.0 Å². The van der Waals surface area contributed by atoms with Crippen LogP contribution in [0.25, 0.3) is 0 Å². The van der Waals surface area contributed by atoms with E-state index in [-0.39, 0.29) is 18.8 Å². The normalized spacial score (nSPS) is 16.8. The van der Waals surface area contributed by atoms with Gasteiger partial charge in [0.15, 0.2) is 0 Å². The van der Waals surface area contributed by atoms with Crippen LogP contribution >= 0.6 is 0 Å². The molecular weight excluding hydrogens is 388 g/mol. The molecule has 0 spiro atoms. The highest BCUT2D eigenvalue weighted by atomic mass is 16.9. The summed E-state index contributed by atoms with van der Waals surface area (Å²) in [6.45, 7) is 2.10. The van der Waals surface area contributed by atoms with Crippen molar-refractivity contribution in [1.29, 1.82) is 0 Å². The third-order valence-corrected chi connectivity index (χ3v) is 5.17. The molecule has 0 fully saturated rings. The molecule has 3 N–H and O–H groups in total. The molecule has 30 heavy (non-hydrogen) atoms. The number of ether oxygens (including phenoxy) is 3. The third-order valence-electron chi connectivity index (χ3n) is 5.17. The zero-order valence-corrected chi connectivity index (χ0v) is 19.0. The maximum absolute atomic E-state index is 10.8. The van der Waals surface area contributed by atoms with Gasteiger partial charge in [-0.05, 0) is 25.7 Å². The van der Waals surface area contributed by atoms with Gasteiger partial charge in [0.25, 0.3) is 5.97 Å². The first-order valence-electron chi connectivity index (χ1n) is 10.9. The Balaban J connectivity index is 4.69. The Hall–Kier alpha value is -1.09. The Bertz CT molecular complexity index is 466. The molecule has 0 heterocycles. The molecule has 176 valence electrons. The summed E-state index contributed by atoms with van der Waals surface area (Å²) in [5, 5.41) is 30.5. The largest absolute Gasteiger partial charge is 0.392 e. The molecule has 0 aliphatic carbocycles. The number of carbonyl (C=O) groups is 1. The maximum Gasteiger partial charge on any atom is 0.282 e. The highest BCUT2D eigenvalue weighted by molar-refractivity contribution is 5.50. The first-order valence-corrected chi connectivity index (χ1v) is 10.9. The van der Waals surface area contributed by atoms with Crippen LogP contribution in [-0.4, -0.2) is 67.2 Å². The molecule has 0 aliphatic rings. The highest BCUT2D eigenvalue weighted by Crippen LogP contribution is 2.22. The number of hydrogen-bond acceptors (Lipinski definition) is 7. The van der Waals surface area contributed by atoms with E-state index in [0.717, 1.165) is 25.7 Å². The minimum atomic E-state index is -1.07. The quantitative estimate of drug-likeness (QED) is 0.125. The van der Waals surface area contributed by atoms with Gasteiger partial charge in [-0.2, -0.15) is 0 Å². The average Bonchev–Trinajstić information content (AvgIpc) is 2.74. The molecule has 0 aromatic heterocycles. The van der Waals surface area contributed by atoms with Crippen LogP contribution in [0, 0.1) is 5.92 Å². The zero-order chi connectivity index (χ0) is 22.8. The number of aliphatic hydroxyl groups excluding tert-OH is 3. The lowest BCUT2D eigenvalue weighted by molar-refractivity contribution is -0.355. The number of allylic oxidation sites excluding steroid dienone is 1. The van der Waals surface area contributed by atoms with E-state index < -0.39 is 24.3 Å². The summed E-state index contributed by atoms with van der Waals surface area (Å²) in [6, 6.07) is 0. The lowest BCUT2D eigenvalue weighted by atomic mass is 9.92. The Labute approximate surface area is 181 Å². The second kappa shape index (κ2) is 17.6. The van der Waals surface area contributed by atoms with Crippen LogP contribution in [0.4, 0.5) is 0 Å². The molecule has 0 aromatic carbocycles. The van der Waals surface area contributed by atoms with E-state index in [1.165, 1.54) is 21.3 Å². The topological polar surface area (TPSA) is 105 Å². The molecule has 0 bridgehead atoms. The van der Waals surface area contributed by atoms with E-state index in [1.54, 1.807) is 12.2 Å². The Morgan fingerprint density at radius 1 is 0.900 bits per heavy atom. The van der Waals surface area contributed by atoms with E-state index in [4.69, 9.17) is 14.2 Å². The van der Waals surface area contributed by atoms with Gasteiger partial charge < -0.3 is 34.3 Å². The van der Waals surface area contributed by atoms with E-state index in [0.29, 0.717) is 25.5 Å². The van der Waals surface area contributed by atoms with E-state index in [2.05, 4.69) is 6.92 Å². The number of aldehydes is 1. The second-order valence-electron chi connectivity index (χ2n) is 7.50. The van der Waals surface area contributed by atoms with Gasteiger partial charge in [-0.15, -0.1) is 0 Å². The van der Waals surface area contributed by atoms with Gasteiger partial charge in [-0.25, -0.2) is 0 Å².